The average molecular weight is 493 g/mol. The van der Waals surface area contributed by atoms with E-state index in [1.165, 1.54) is 7.05 Å². The van der Waals surface area contributed by atoms with Gasteiger partial charge in [0.2, 0.25) is 5.95 Å². The monoisotopic (exact) mass is 492 g/mol. The number of likely N-dealkylation sites (N-methyl/N-ethyl adjacent to an activating group) is 1. The van der Waals surface area contributed by atoms with Gasteiger partial charge in [0.25, 0.3) is 5.91 Å². The molecular weight excluding hydrogens is 460 g/mol. The predicted octanol–water partition coefficient (Wildman–Crippen LogP) is 3.82. The molecule has 2 aromatic heterocycles. The highest BCUT2D eigenvalue weighted by molar-refractivity contribution is 8.16. The summed E-state index contributed by atoms with van der Waals surface area (Å²) in [5.74, 6) is 0.295. The highest BCUT2D eigenvalue weighted by Crippen LogP contribution is 2.20. The average Bonchev–Trinajstić information content (AvgIpc) is 2.92. The summed E-state index contributed by atoms with van der Waals surface area (Å²) >= 11 is 0.829. The summed E-state index contributed by atoms with van der Waals surface area (Å²) in [6.45, 7) is 6.35. The van der Waals surface area contributed by atoms with Crippen LogP contribution < -0.4 is 15.5 Å². The minimum Gasteiger partial charge on any atom is -0.355 e. The van der Waals surface area contributed by atoms with E-state index in [0.717, 1.165) is 54.3 Å². The van der Waals surface area contributed by atoms with E-state index in [4.69, 9.17) is 4.98 Å². The van der Waals surface area contributed by atoms with Crippen LogP contribution in [-0.2, 0) is 16.1 Å². The molecule has 1 amide bonds. The fourth-order valence-electron chi connectivity index (χ4n) is 3.84. The number of anilines is 1. The molecule has 35 heavy (non-hydrogen) atoms. The third kappa shape index (κ3) is 7.34. The normalized spacial score (nSPS) is 15.8. The molecule has 0 aliphatic carbocycles. The van der Waals surface area contributed by atoms with E-state index in [1.807, 2.05) is 32.0 Å². The van der Waals surface area contributed by atoms with Crippen molar-refractivity contribution in [3.8, 4) is 0 Å². The second kappa shape index (κ2) is 13.6. The molecular formula is C26H32N6O2S. The maximum Gasteiger partial charge on any atom is 0.257 e. The molecule has 1 saturated heterocycles. The Morgan fingerprint density at radius 3 is 2.80 bits per heavy atom. The van der Waals surface area contributed by atoms with Gasteiger partial charge in [0, 0.05) is 44.3 Å². The maximum absolute atomic E-state index is 12.0. The number of nitrogens with one attached hydrogen (secondary N) is 2. The summed E-state index contributed by atoms with van der Waals surface area (Å²) in [5, 5.41) is 7.30. The van der Waals surface area contributed by atoms with Crippen molar-refractivity contribution in [1.82, 2.24) is 25.6 Å². The fraction of sp³-hybridized carbons (Fsp3) is 0.346. The third-order valence-electron chi connectivity index (χ3n) is 5.50. The molecule has 3 aromatic rings. The molecule has 2 N–H and O–H groups in total. The first-order chi connectivity index (χ1) is 17.2. The Balaban J connectivity index is 0.00000167. The van der Waals surface area contributed by atoms with E-state index in [9.17, 15) is 9.59 Å². The van der Waals surface area contributed by atoms with Gasteiger partial charge in [0.1, 0.15) is 0 Å². The van der Waals surface area contributed by atoms with Crippen molar-refractivity contribution in [3.05, 3.63) is 65.0 Å². The zero-order valence-corrected chi connectivity index (χ0v) is 21.2. The van der Waals surface area contributed by atoms with Gasteiger partial charge in [-0.05, 0) is 48.9 Å². The SMILES string of the molecule is CC.CNC(=O)/C(=C/c1ccnc(N2CCCC(NCc3ccc4ccccc4n3)C2)n1)SC=O. The van der Waals surface area contributed by atoms with Gasteiger partial charge in [0.15, 0.2) is 5.62 Å². The first-order valence-electron chi connectivity index (χ1n) is 11.9. The number of benzene rings is 1. The molecule has 1 aromatic carbocycles. The maximum atomic E-state index is 12.0. The van der Waals surface area contributed by atoms with Crippen LogP contribution in [0, 0.1) is 0 Å². The van der Waals surface area contributed by atoms with Gasteiger partial charge in [0.05, 0.1) is 21.8 Å². The van der Waals surface area contributed by atoms with E-state index in [-0.39, 0.29) is 5.91 Å². The van der Waals surface area contributed by atoms with Crippen molar-refractivity contribution in [2.24, 2.45) is 0 Å². The Morgan fingerprint density at radius 1 is 1.17 bits per heavy atom. The number of hydrogen-bond acceptors (Lipinski definition) is 8. The van der Waals surface area contributed by atoms with Gasteiger partial charge in [-0.25, -0.2) is 9.97 Å². The molecule has 1 atom stereocenters. The van der Waals surface area contributed by atoms with Crippen molar-refractivity contribution in [2.45, 2.75) is 39.3 Å². The summed E-state index contributed by atoms with van der Waals surface area (Å²) in [6, 6.07) is 14.3. The van der Waals surface area contributed by atoms with E-state index in [1.54, 1.807) is 18.3 Å². The number of piperidine rings is 1. The fourth-order valence-corrected chi connectivity index (χ4v) is 4.34. The second-order valence-electron chi connectivity index (χ2n) is 7.74. The number of hydrogen-bond donors (Lipinski definition) is 2. The molecule has 1 unspecified atom stereocenters. The number of carbonyl (C=O) groups is 2. The van der Waals surface area contributed by atoms with Crippen LogP contribution in [0.5, 0.6) is 0 Å². The van der Waals surface area contributed by atoms with Gasteiger partial charge < -0.3 is 15.5 Å². The van der Waals surface area contributed by atoms with Crippen molar-refractivity contribution in [2.75, 3.05) is 25.0 Å². The van der Waals surface area contributed by atoms with Crippen LogP contribution in [0.4, 0.5) is 5.95 Å². The van der Waals surface area contributed by atoms with Crippen LogP contribution in [0.25, 0.3) is 17.0 Å². The predicted molar refractivity (Wildman–Crippen MR) is 144 cm³/mol. The summed E-state index contributed by atoms with van der Waals surface area (Å²) in [5.41, 5.74) is 3.24. The van der Waals surface area contributed by atoms with Crippen molar-refractivity contribution in [1.29, 1.82) is 0 Å². The Bertz CT molecular complexity index is 1170. The Hall–Kier alpha value is -3.30. The number of nitrogens with zero attached hydrogens (tertiary/aromatic N) is 4. The number of carbonyl (C=O) groups excluding carboxylic acids is 2. The first-order valence-corrected chi connectivity index (χ1v) is 12.7. The summed E-state index contributed by atoms with van der Waals surface area (Å²) in [7, 11) is 1.53. The number of pyridine rings is 1. The van der Waals surface area contributed by atoms with Gasteiger partial charge >= 0.3 is 0 Å². The van der Waals surface area contributed by atoms with Crippen LogP contribution in [0.2, 0.25) is 0 Å². The summed E-state index contributed by atoms with van der Waals surface area (Å²) < 4.78 is 0. The number of amides is 1. The van der Waals surface area contributed by atoms with E-state index < -0.39 is 0 Å². The zero-order chi connectivity index (χ0) is 25.0. The Morgan fingerprint density at radius 2 is 2.00 bits per heavy atom. The molecule has 8 nitrogen and oxygen atoms in total. The largest absolute Gasteiger partial charge is 0.355 e. The topological polar surface area (TPSA) is 100 Å². The lowest BCUT2D eigenvalue weighted by atomic mass is 10.1. The molecule has 184 valence electrons. The standard InChI is InChI=1S/C24H26N6O2S.C2H6/c1-25-23(32)22(33-16-31)13-18-10-11-26-24(29-18)30-12-4-6-20(15-30)27-14-19-9-8-17-5-2-3-7-21(17)28-19;1-2/h2-3,5,7-11,13,16,20,27H,4,6,12,14-15H2,1H3,(H,25,32);1-2H3/b22-13-;. The quantitative estimate of drug-likeness (QED) is 0.362. The lowest BCUT2D eigenvalue weighted by molar-refractivity contribution is -0.116. The van der Waals surface area contributed by atoms with Crippen LogP contribution in [0.1, 0.15) is 38.1 Å². The number of fused-ring (bicyclic) bond motifs is 1. The molecule has 0 spiro atoms. The summed E-state index contributed by atoms with van der Waals surface area (Å²) in [4.78, 5) is 39.1. The van der Waals surface area contributed by atoms with Crippen molar-refractivity contribution < 1.29 is 9.59 Å². The Labute approximate surface area is 210 Å². The van der Waals surface area contributed by atoms with Crippen LogP contribution in [-0.4, -0.2) is 52.7 Å². The molecule has 1 aliphatic rings. The molecule has 9 heteroatoms. The molecule has 0 bridgehead atoms. The van der Waals surface area contributed by atoms with Gasteiger partial charge in [-0.2, -0.15) is 0 Å². The van der Waals surface area contributed by atoms with E-state index in [0.29, 0.717) is 34.8 Å². The number of para-hydroxylation sites is 1. The van der Waals surface area contributed by atoms with Crippen molar-refractivity contribution in [3.63, 3.8) is 0 Å². The van der Waals surface area contributed by atoms with Crippen LogP contribution in [0.3, 0.4) is 0 Å². The minimum absolute atomic E-state index is 0.290. The van der Waals surface area contributed by atoms with Crippen LogP contribution >= 0.6 is 11.8 Å². The first kappa shape index (κ1) is 26.3. The number of thioether (sulfide) groups is 1. The molecule has 0 saturated carbocycles. The molecule has 3 heterocycles. The zero-order valence-electron chi connectivity index (χ0n) is 20.4. The van der Waals surface area contributed by atoms with Gasteiger partial charge in [-0.3, -0.25) is 14.6 Å². The molecule has 1 aliphatic heterocycles. The van der Waals surface area contributed by atoms with Gasteiger partial charge in [-0.1, -0.05) is 38.1 Å². The second-order valence-corrected chi connectivity index (χ2v) is 8.61. The summed E-state index contributed by atoms with van der Waals surface area (Å²) in [6.07, 6.45) is 5.38. The third-order valence-corrected chi connectivity index (χ3v) is 6.15. The molecule has 4 rings (SSSR count). The van der Waals surface area contributed by atoms with Crippen LogP contribution in [0.15, 0.2) is 53.6 Å². The molecule has 0 radical (unpaired) electrons. The highest BCUT2D eigenvalue weighted by atomic mass is 32.2. The lowest BCUT2D eigenvalue weighted by Crippen LogP contribution is -2.46. The van der Waals surface area contributed by atoms with E-state index in [2.05, 4.69) is 43.7 Å². The smallest absolute Gasteiger partial charge is 0.257 e. The number of rotatable bonds is 8. The molecule has 1 fully saturated rings. The van der Waals surface area contributed by atoms with Crippen molar-refractivity contribution >= 4 is 46.2 Å². The minimum atomic E-state index is -0.322. The lowest BCUT2D eigenvalue weighted by Gasteiger charge is -2.33. The Kier molecular flexibility index (Phi) is 10.2. The van der Waals surface area contributed by atoms with Gasteiger partial charge in [-0.15, -0.1) is 0 Å². The van der Waals surface area contributed by atoms with E-state index >= 15 is 0 Å². The number of aromatic nitrogens is 3. The highest BCUT2D eigenvalue weighted by Gasteiger charge is 2.22.